The predicted molar refractivity (Wildman–Crippen MR) is 127 cm³/mol. The number of allylic oxidation sites excluding steroid dienone is 1. The van der Waals surface area contributed by atoms with Crippen LogP contribution < -0.4 is 10.2 Å². The lowest BCUT2D eigenvalue weighted by Gasteiger charge is -2.34. The van der Waals surface area contributed by atoms with E-state index in [1.54, 1.807) is 12.1 Å². The molecule has 0 spiro atoms. The van der Waals surface area contributed by atoms with Crippen molar-refractivity contribution in [2.45, 2.75) is 25.9 Å². The average molecular weight is 461 g/mol. The first-order valence-electron chi connectivity index (χ1n) is 10.8. The minimum Gasteiger partial charge on any atom is -0.344 e. The van der Waals surface area contributed by atoms with E-state index in [4.69, 9.17) is 11.6 Å². The third-order valence-electron chi connectivity index (χ3n) is 6.34. The monoisotopic (exact) mass is 460 g/mol. The number of anilines is 1. The van der Waals surface area contributed by atoms with E-state index in [0.29, 0.717) is 29.1 Å². The zero-order valence-electron chi connectivity index (χ0n) is 18.0. The molecular weight excluding hydrogens is 439 g/mol. The Labute approximate surface area is 196 Å². The second kappa shape index (κ2) is 8.49. The molecule has 6 heteroatoms. The fourth-order valence-corrected chi connectivity index (χ4v) is 4.77. The van der Waals surface area contributed by atoms with Crippen molar-refractivity contribution >= 4 is 34.6 Å². The molecule has 0 bridgehead atoms. The Morgan fingerprint density at radius 2 is 1.82 bits per heavy atom. The van der Waals surface area contributed by atoms with E-state index in [1.165, 1.54) is 12.1 Å². The molecule has 4 nitrogen and oxygen atoms in total. The van der Waals surface area contributed by atoms with Gasteiger partial charge in [-0.25, -0.2) is 4.39 Å². The lowest BCUT2D eigenvalue weighted by Crippen LogP contribution is -2.36. The van der Waals surface area contributed by atoms with E-state index in [-0.39, 0.29) is 17.6 Å². The highest BCUT2D eigenvalue weighted by Crippen LogP contribution is 2.41. The van der Waals surface area contributed by atoms with Gasteiger partial charge in [-0.15, -0.1) is 0 Å². The highest BCUT2D eigenvalue weighted by atomic mass is 35.5. The van der Waals surface area contributed by atoms with E-state index in [2.05, 4.69) is 10.2 Å². The van der Waals surface area contributed by atoms with Crippen molar-refractivity contribution in [1.82, 2.24) is 5.32 Å². The zero-order valence-corrected chi connectivity index (χ0v) is 18.8. The maximum absolute atomic E-state index is 13.9. The molecule has 3 aromatic rings. The first kappa shape index (κ1) is 21.4. The van der Waals surface area contributed by atoms with Crippen LogP contribution in [0.5, 0.6) is 0 Å². The number of nitrogens with one attached hydrogen (secondary N) is 1. The number of hydrogen-bond acceptors (Lipinski definition) is 3. The number of amides is 1. The molecule has 0 saturated heterocycles. The Morgan fingerprint density at radius 1 is 1.09 bits per heavy atom. The first-order chi connectivity index (χ1) is 15.9. The van der Waals surface area contributed by atoms with Gasteiger partial charge in [-0.05, 0) is 53.9 Å². The van der Waals surface area contributed by atoms with Crippen LogP contribution in [0.3, 0.4) is 0 Å². The third kappa shape index (κ3) is 4.05. The SMILES string of the molecule is CC1=C(C(=O)N[C@H](c2cccc(F)c2)C2CC2=O)c2cccc(Cl)c2CN1c1ccccc1. The summed E-state index contributed by atoms with van der Waals surface area (Å²) in [5.74, 6) is -0.997. The average Bonchev–Trinajstić information content (AvgIpc) is 3.53. The first-order valence-corrected chi connectivity index (χ1v) is 11.2. The van der Waals surface area contributed by atoms with Gasteiger partial charge in [-0.2, -0.15) is 0 Å². The van der Waals surface area contributed by atoms with Crippen LogP contribution in [0.1, 0.15) is 36.1 Å². The van der Waals surface area contributed by atoms with Crippen molar-refractivity contribution in [2.75, 3.05) is 4.90 Å². The minimum atomic E-state index is -0.587. The number of nitrogens with zero attached hydrogens (tertiary/aromatic N) is 1. The summed E-state index contributed by atoms with van der Waals surface area (Å²) in [4.78, 5) is 27.8. The normalized spacial score (nSPS) is 18.1. The molecule has 166 valence electrons. The molecule has 1 saturated carbocycles. The van der Waals surface area contributed by atoms with Gasteiger partial charge in [0, 0.05) is 35.3 Å². The van der Waals surface area contributed by atoms with Crippen molar-refractivity contribution in [2.24, 2.45) is 5.92 Å². The third-order valence-corrected chi connectivity index (χ3v) is 6.69. The predicted octanol–water partition coefficient (Wildman–Crippen LogP) is 5.68. The topological polar surface area (TPSA) is 49.4 Å². The lowest BCUT2D eigenvalue weighted by atomic mass is 9.91. The number of rotatable bonds is 5. The number of para-hydroxylation sites is 1. The van der Waals surface area contributed by atoms with Crippen molar-refractivity contribution in [3.63, 3.8) is 0 Å². The molecule has 1 unspecified atom stereocenters. The van der Waals surface area contributed by atoms with Crippen LogP contribution in [0.2, 0.25) is 5.02 Å². The Morgan fingerprint density at radius 3 is 2.52 bits per heavy atom. The van der Waals surface area contributed by atoms with Crippen LogP contribution in [-0.2, 0) is 16.1 Å². The minimum absolute atomic E-state index is 0.0632. The molecule has 1 fully saturated rings. The van der Waals surface area contributed by atoms with E-state index in [9.17, 15) is 14.0 Å². The molecule has 1 N–H and O–H groups in total. The smallest absolute Gasteiger partial charge is 0.254 e. The molecule has 1 amide bonds. The van der Waals surface area contributed by atoms with Crippen LogP contribution in [0.25, 0.3) is 5.57 Å². The van der Waals surface area contributed by atoms with Crippen LogP contribution in [-0.4, -0.2) is 11.7 Å². The van der Waals surface area contributed by atoms with Gasteiger partial charge in [0.2, 0.25) is 0 Å². The number of fused-ring (bicyclic) bond motifs is 1. The Hall–Kier alpha value is -3.44. The fourth-order valence-electron chi connectivity index (χ4n) is 4.53. The van der Waals surface area contributed by atoms with Gasteiger partial charge in [0.05, 0.1) is 11.6 Å². The Balaban J connectivity index is 1.57. The molecule has 2 aliphatic rings. The maximum Gasteiger partial charge on any atom is 0.254 e. The molecule has 3 aromatic carbocycles. The fraction of sp³-hybridized carbons (Fsp3) is 0.185. The van der Waals surface area contributed by atoms with Gasteiger partial charge in [0.25, 0.3) is 5.91 Å². The highest BCUT2D eigenvalue weighted by Gasteiger charge is 2.44. The molecule has 1 aliphatic carbocycles. The molecule has 1 heterocycles. The van der Waals surface area contributed by atoms with Crippen molar-refractivity contribution in [1.29, 1.82) is 0 Å². The molecule has 2 atom stereocenters. The summed E-state index contributed by atoms with van der Waals surface area (Å²) < 4.78 is 13.9. The van der Waals surface area contributed by atoms with Gasteiger partial charge in [0.1, 0.15) is 11.6 Å². The Kier molecular flexibility index (Phi) is 5.51. The van der Waals surface area contributed by atoms with Crippen LogP contribution >= 0.6 is 11.6 Å². The summed E-state index contributed by atoms with van der Waals surface area (Å²) in [6, 6.07) is 20.8. The number of halogens is 2. The molecule has 5 rings (SSSR count). The van der Waals surface area contributed by atoms with E-state index >= 15 is 0 Å². The van der Waals surface area contributed by atoms with Crippen molar-refractivity contribution < 1.29 is 14.0 Å². The summed E-state index contributed by atoms with van der Waals surface area (Å²) in [6.07, 6.45) is 0.373. The summed E-state index contributed by atoms with van der Waals surface area (Å²) in [5.41, 5.74) is 4.45. The highest BCUT2D eigenvalue weighted by molar-refractivity contribution is 6.32. The summed E-state index contributed by atoms with van der Waals surface area (Å²) in [7, 11) is 0. The number of benzene rings is 3. The van der Waals surface area contributed by atoms with Gasteiger partial charge in [0.15, 0.2) is 0 Å². The zero-order chi connectivity index (χ0) is 23.1. The lowest BCUT2D eigenvalue weighted by molar-refractivity contribution is -0.116. The maximum atomic E-state index is 13.9. The standard InChI is InChI=1S/C27H22ClFN2O2/c1-16-25(27(33)30-26(21-14-24(21)32)17-7-5-8-18(29)13-17)20-11-6-12-23(28)22(20)15-31(16)19-9-3-2-4-10-19/h2-13,21,26H,14-15H2,1H3,(H,30,33)/t21?,26-/m1/s1. The van der Waals surface area contributed by atoms with Crippen LogP contribution in [0.4, 0.5) is 10.1 Å². The quantitative estimate of drug-likeness (QED) is 0.533. The number of carbonyl (C=O) groups excluding carboxylic acids is 2. The van der Waals surface area contributed by atoms with Gasteiger partial charge in [-0.3, -0.25) is 9.59 Å². The molecule has 1 aliphatic heterocycles. The molecular formula is C27H22ClFN2O2. The summed E-state index contributed by atoms with van der Waals surface area (Å²) in [5, 5.41) is 3.62. The van der Waals surface area contributed by atoms with Gasteiger partial charge < -0.3 is 10.2 Å². The number of Topliss-reactive ketones (excluding diaryl/α,β-unsaturated/α-hetero) is 1. The van der Waals surface area contributed by atoms with Gasteiger partial charge >= 0.3 is 0 Å². The molecule has 0 aromatic heterocycles. The summed E-state index contributed by atoms with van der Waals surface area (Å²) >= 11 is 6.54. The van der Waals surface area contributed by atoms with E-state index in [1.807, 2.05) is 55.5 Å². The molecule has 33 heavy (non-hydrogen) atoms. The van der Waals surface area contributed by atoms with Gasteiger partial charge in [-0.1, -0.05) is 54.1 Å². The second-order valence-electron chi connectivity index (χ2n) is 8.43. The second-order valence-corrected chi connectivity index (χ2v) is 8.84. The largest absolute Gasteiger partial charge is 0.344 e. The number of hydrogen-bond donors (Lipinski definition) is 1. The number of carbonyl (C=O) groups is 2. The van der Waals surface area contributed by atoms with E-state index in [0.717, 1.165) is 22.5 Å². The van der Waals surface area contributed by atoms with E-state index < -0.39 is 11.9 Å². The number of ketones is 1. The Bertz CT molecular complexity index is 1290. The summed E-state index contributed by atoms with van der Waals surface area (Å²) in [6.45, 7) is 2.45. The molecule has 0 radical (unpaired) electrons. The van der Waals surface area contributed by atoms with Crippen molar-refractivity contribution in [3.8, 4) is 0 Å². The van der Waals surface area contributed by atoms with Crippen LogP contribution in [0.15, 0.2) is 78.5 Å². The van der Waals surface area contributed by atoms with Crippen LogP contribution in [0, 0.1) is 11.7 Å². The van der Waals surface area contributed by atoms with Crippen molar-refractivity contribution in [3.05, 3.63) is 106 Å².